The van der Waals surface area contributed by atoms with Crippen LogP contribution in [0.3, 0.4) is 0 Å². The second-order valence-corrected chi connectivity index (χ2v) is 8.22. The van der Waals surface area contributed by atoms with Crippen LogP contribution in [0.25, 0.3) is 0 Å². The van der Waals surface area contributed by atoms with Crippen LogP contribution in [0.4, 0.5) is 0 Å². The summed E-state index contributed by atoms with van der Waals surface area (Å²) in [5.74, 6) is 3.82. The monoisotopic (exact) mass is 279 g/mol. The van der Waals surface area contributed by atoms with Crippen molar-refractivity contribution in [3.05, 3.63) is 0 Å². The van der Waals surface area contributed by atoms with Crippen molar-refractivity contribution in [2.45, 2.75) is 77.4 Å². The molecule has 0 aromatic rings. The summed E-state index contributed by atoms with van der Waals surface area (Å²) < 4.78 is 0. The van der Waals surface area contributed by atoms with Gasteiger partial charge >= 0.3 is 0 Å². The highest BCUT2D eigenvalue weighted by molar-refractivity contribution is 5.03. The highest BCUT2D eigenvalue weighted by atomic mass is 16.3. The lowest BCUT2D eigenvalue weighted by Crippen LogP contribution is -2.57. The lowest BCUT2D eigenvalue weighted by atomic mass is 9.55. The van der Waals surface area contributed by atoms with Crippen LogP contribution < -0.4 is 5.32 Å². The fraction of sp³-hybridized carbons (Fsp3) is 1.00. The van der Waals surface area contributed by atoms with Gasteiger partial charge < -0.3 is 10.4 Å². The number of rotatable bonds is 3. The van der Waals surface area contributed by atoms with Crippen LogP contribution in [0, 0.1) is 29.6 Å². The van der Waals surface area contributed by atoms with E-state index < -0.39 is 5.60 Å². The Hall–Kier alpha value is -0.0800. The molecular formula is C18H33NO. The molecule has 20 heavy (non-hydrogen) atoms. The molecule has 116 valence electrons. The lowest BCUT2D eigenvalue weighted by Gasteiger charge is -2.53. The SMILES string of the molecule is CCC1CC2CC(C)C(C(C)(O)[C@@H]3CCCN3)C(C1)C2. The van der Waals surface area contributed by atoms with E-state index in [1.54, 1.807) is 0 Å². The Labute approximate surface area is 124 Å². The summed E-state index contributed by atoms with van der Waals surface area (Å²) in [6, 6.07) is 0.327. The predicted octanol–water partition coefficient (Wildman–Crippen LogP) is 3.59. The summed E-state index contributed by atoms with van der Waals surface area (Å²) in [6.45, 7) is 7.97. The molecule has 0 amide bonds. The third-order valence-electron chi connectivity index (χ3n) is 6.78. The maximum Gasteiger partial charge on any atom is 0.0805 e. The summed E-state index contributed by atoms with van der Waals surface area (Å²) in [4.78, 5) is 0. The number of hydrogen-bond acceptors (Lipinski definition) is 2. The van der Waals surface area contributed by atoms with Gasteiger partial charge in [0, 0.05) is 6.04 Å². The van der Waals surface area contributed by atoms with Gasteiger partial charge in [0.25, 0.3) is 0 Å². The van der Waals surface area contributed by atoms with E-state index in [1.807, 2.05) is 0 Å². The van der Waals surface area contributed by atoms with Crippen molar-refractivity contribution in [3.8, 4) is 0 Å². The van der Waals surface area contributed by atoms with E-state index in [2.05, 4.69) is 26.1 Å². The van der Waals surface area contributed by atoms with Gasteiger partial charge in [-0.2, -0.15) is 0 Å². The van der Waals surface area contributed by atoms with Gasteiger partial charge in [0.05, 0.1) is 5.60 Å². The van der Waals surface area contributed by atoms with Crippen molar-refractivity contribution in [3.63, 3.8) is 0 Å². The molecule has 7 atom stereocenters. The number of hydrogen-bond donors (Lipinski definition) is 2. The van der Waals surface area contributed by atoms with Gasteiger partial charge in [-0.05, 0) is 81.6 Å². The van der Waals surface area contributed by atoms with Gasteiger partial charge in [-0.25, -0.2) is 0 Å². The Bertz CT molecular complexity index is 332. The first-order valence-electron chi connectivity index (χ1n) is 8.98. The van der Waals surface area contributed by atoms with E-state index in [-0.39, 0.29) is 0 Å². The second kappa shape index (κ2) is 5.61. The molecule has 1 aliphatic heterocycles. The molecule has 0 aromatic heterocycles. The summed E-state index contributed by atoms with van der Waals surface area (Å²) in [6.07, 6.45) is 9.27. The minimum absolute atomic E-state index is 0.327. The standard InChI is InChI=1S/C18H33NO/c1-4-13-9-14-8-12(2)17(15(10-13)11-14)18(3,20)16-6-5-7-19-16/h12-17,19-20H,4-11H2,1-3H3/t12?,13?,14?,15?,16-,17?,18?/m0/s1. The summed E-state index contributed by atoms with van der Waals surface area (Å²) >= 11 is 0. The first-order chi connectivity index (χ1) is 9.52. The average Bonchev–Trinajstić information content (AvgIpc) is 2.91. The van der Waals surface area contributed by atoms with Gasteiger partial charge in [-0.15, -0.1) is 0 Å². The molecule has 0 aromatic carbocycles. The van der Waals surface area contributed by atoms with Crippen LogP contribution in [0.15, 0.2) is 0 Å². The van der Waals surface area contributed by atoms with Crippen LogP contribution >= 0.6 is 0 Å². The molecule has 3 aliphatic rings. The van der Waals surface area contributed by atoms with Gasteiger partial charge in [0.15, 0.2) is 0 Å². The molecule has 2 saturated carbocycles. The zero-order valence-electron chi connectivity index (χ0n) is 13.6. The second-order valence-electron chi connectivity index (χ2n) is 8.22. The molecular weight excluding hydrogens is 246 g/mol. The molecule has 2 N–H and O–H groups in total. The van der Waals surface area contributed by atoms with Crippen LogP contribution in [0.1, 0.15) is 65.7 Å². The number of fused-ring (bicyclic) bond motifs is 2. The minimum atomic E-state index is -0.513. The zero-order valence-corrected chi connectivity index (χ0v) is 13.6. The van der Waals surface area contributed by atoms with Gasteiger partial charge in [0.1, 0.15) is 0 Å². The predicted molar refractivity (Wildman–Crippen MR) is 83.5 cm³/mol. The molecule has 1 saturated heterocycles. The van der Waals surface area contributed by atoms with Crippen molar-refractivity contribution in [2.75, 3.05) is 6.54 Å². The topological polar surface area (TPSA) is 32.3 Å². The molecule has 2 heteroatoms. The Morgan fingerprint density at radius 2 is 2.00 bits per heavy atom. The smallest absolute Gasteiger partial charge is 0.0805 e. The maximum atomic E-state index is 11.3. The highest BCUT2D eigenvalue weighted by Crippen LogP contribution is 2.53. The van der Waals surface area contributed by atoms with Crippen LogP contribution in [-0.2, 0) is 0 Å². The number of nitrogens with one attached hydrogen (secondary N) is 1. The third kappa shape index (κ3) is 2.54. The molecule has 6 unspecified atom stereocenters. The van der Waals surface area contributed by atoms with E-state index in [0.29, 0.717) is 17.9 Å². The van der Waals surface area contributed by atoms with Crippen molar-refractivity contribution in [1.29, 1.82) is 0 Å². The Morgan fingerprint density at radius 1 is 1.20 bits per heavy atom. The minimum Gasteiger partial charge on any atom is -0.388 e. The zero-order chi connectivity index (χ0) is 14.3. The molecule has 2 bridgehead atoms. The van der Waals surface area contributed by atoms with Crippen molar-refractivity contribution >= 4 is 0 Å². The fourth-order valence-corrected chi connectivity index (χ4v) is 6.04. The van der Waals surface area contributed by atoms with E-state index in [1.165, 1.54) is 38.5 Å². The molecule has 1 heterocycles. The Kier molecular flexibility index (Phi) is 4.16. The third-order valence-corrected chi connectivity index (χ3v) is 6.78. The first kappa shape index (κ1) is 14.8. The highest BCUT2D eigenvalue weighted by Gasteiger charge is 2.51. The largest absolute Gasteiger partial charge is 0.388 e. The van der Waals surface area contributed by atoms with Crippen LogP contribution in [0.2, 0.25) is 0 Å². The van der Waals surface area contributed by atoms with Gasteiger partial charge in [0.2, 0.25) is 0 Å². The van der Waals surface area contributed by atoms with Crippen molar-refractivity contribution < 1.29 is 5.11 Å². The molecule has 2 aliphatic carbocycles. The molecule has 3 fully saturated rings. The molecule has 0 spiro atoms. The molecule has 0 radical (unpaired) electrons. The van der Waals surface area contributed by atoms with E-state index in [9.17, 15) is 5.11 Å². The quantitative estimate of drug-likeness (QED) is 0.827. The Morgan fingerprint density at radius 3 is 2.65 bits per heavy atom. The lowest BCUT2D eigenvalue weighted by molar-refractivity contribution is -0.112. The van der Waals surface area contributed by atoms with Crippen LogP contribution in [-0.4, -0.2) is 23.3 Å². The Balaban J connectivity index is 1.79. The van der Waals surface area contributed by atoms with Crippen molar-refractivity contribution in [1.82, 2.24) is 5.32 Å². The summed E-state index contributed by atoms with van der Waals surface area (Å²) in [5.41, 5.74) is -0.513. The van der Waals surface area contributed by atoms with Crippen molar-refractivity contribution in [2.24, 2.45) is 29.6 Å². The van der Waals surface area contributed by atoms with E-state index in [0.717, 1.165) is 30.7 Å². The maximum absolute atomic E-state index is 11.3. The van der Waals surface area contributed by atoms with Gasteiger partial charge in [-0.3, -0.25) is 0 Å². The first-order valence-corrected chi connectivity index (χ1v) is 8.98. The van der Waals surface area contributed by atoms with Gasteiger partial charge in [-0.1, -0.05) is 20.3 Å². The van der Waals surface area contributed by atoms with E-state index in [4.69, 9.17) is 0 Å². The fourth-order valence-electron chi connectivity index (χ4n) is 6.04. The number of aliphatic hydroxyl groups is 1. The molecule has 2 nitrogen and oxygen atoms in total. The average molecular weight is 279 g/mol. The summed E-state index contributed by atoms with van der Waals surface area (Å²) in [7, 11) is 0. The summed E-state index contributed by atoms with van der Waals surface area (Å²) in [5, 5.41) is 14.9. The van der Waals surface area contributed by atoms with E-state index >= 15 is 0 Å². The molecule has 3 rings (SSSR count). The van der Waals surface area contributed by atoms with Crippen LogP contribution in [0.5, 0.6) is 0 Å². The normalized spacial score (nSPS) is 48.0.